The van der Waals surface area contributed by atoms with Crippen LogP contribution in [-0.4, -0.2) is 50.8 Å². The highest BCUT2D eigenvalue weighted by molar-refractivity contribution is 4.70. The summed E-state index contributed by atoms with van der Waals surface area (Å²) in [6, 6.07) is 0. The minimum Gasteiger partial charge on any atom is -0.374 e. The average Bonchev–Trinajstić information content (AvgIpc) is 2.16. The number of hydrogen-bond donors (Lipinski definition) is 1. The number of likely N-dealkylation sites (N-methyl/N-ethyl adjacent to an activating group) is 1. The van der Waals surface area contributed by atoms with Crippen molar-refractivity contribution in [2.75, 3.05) is 39.8 Å². The first-order chi connectivity index (χ1) is 6.33. The molecule has 0 aromatic rings. The molecule has 0 amide bonds. The summed E-state index contributed by atoms with van der Waals surface area (Å²) < 4.78 is 5.62. The Morgan fingerprint density at radius 2 is 2.38 bits per heavy atom. The van der Waals surface area contributed by atoms with E-state index in [0.717, 1.165) is 26.2 Å². The Labute approximate surface area is 81.4 Å². The molecule has 0 spiro atoms. The van der Waals surface area contributed by atoms with Gasteiger partial charge in [-0.2, -0.15) is 0 Å². The first-order valence-electron chi connectivity index (χ1n) is 5.33. The minimum absolute atomic E-state index is 0.399. The van der Waals surface area contributed by atoms with Crippen LogP contribution in [0.25, 0.3) is 0 Å². The molecular formula is C10H22N2O. The van der Waals surface area contributed by atoms with Crippen molar-refractivity contribution in [3.63, 3.8) is 0 Å². The Morgan fingerprint density at radius 3 is 3.00 bits per heavy atom. The maximum Gasteiger partial charge on any atom is 0.0826 e. The summed E-state index contributed by atoms with van der Waals surface area (Å²) in [4.78, 5) is 2.36. The van der Waals surface area contributed by atoms with Crippen molar-refractivity contribution in [3.8, 4) is 0 Å². The zero-order valence-corrected chi connectivity index (χ0v) is 8.88. The van der Waals surface area contributed by atoms with Gasteiger partial charge in [-0.3, -0.25) is 0 Å². The van der Waals surface area contributed by atoms with Crippen molar-refractivity contribution in [2.45, 2.75) is 25.9 Å². The maximum atomic E-state index is 5.62. The van der Waals surface area contributed by atoms with Gasteiger partial charge in [0, 0.05) is 19.6 Å². The van der Waals surface area contributed by atoms with Crippen molar-refractivity contribution in [1.82, 2.24) is 10.2 Å². The van der Waals surface area contributed by atoms with Gasteiger partial charge in [0.1, 0.15) is 0 Å². The Kier molecular flexibility index (Phi) is 5.35. The zero-order chi connectivity index (χ0) is 9.52. The number of morpholine rings is 1. The lowest BCUT2D eigenvalue weighted by atomic mass is 10.2. The molecule has 78 valence electrons. The van der Waals surface area contributed by atoms with Crippen LogP contribution in [0.3, 0.4) is 0 Å². The zero-order valence-electron chi connectivity index (χ0n) is 8.88. The van der Waals surface area contributed by atoms with Crippen molar-refractivity contribution in [2.24, 2.45) is 0 Å². The molecule has 1 atom stereocenters. The molecule has 0 aromatic heterocycles. The molecule has 1 aliphatic rings. The van der Waals surface area contributed by atoms with Gasteiger partial charge in [0.15, 0.2) is 0 Å². The van der Waals surface area contributed by atoms with E-state index in [1.165, 1.54) is 19.4 Å². The van der Waals surface area contributed by atoms with Gasteiger partial charge in [0.05, 0.1) is 12.7 Å². The minimum atomic E-state index is 0.399. The van der Waals surface area contributed by atoms with Crippen LogP contribution in [0.1, 0.15) is 19.8 Å². The van der Waals surface area contributed by atoms with Gasteiger partial charge >= 0.3 is 0 Å². The fourth-order valence-corrected chi connectivity index (χ4v) is 1.60. The van der Waals surface area contributed by atoms with E-state index in [2.05, 4.69) is 24.2 Å². The highest BCUT2D eigenvalue weighted by atomic mass is 16.5. The Bertz CT molecular complexity index is 124. The Morgan fingerprint density at radius 1 is 1.54 bits per heavy atom. The van der Waals surface area contributed by atoms with Crippen LogP contribution in [0.2, 0.25) is 0 Å². The average molecular weight is 186 g/mol. The SMILES string of the molecule is CCCCN(C)CC1CNCCO1. The van der Waals surface area contributed by atoms with Crippen molar-refractivity contribution in [3.05, 3.63) is 0 Å². The molecule has 13 heavy (non-hydrogen) atoms. The number of unbranched alkanes of at least 4 members (excludes halogenated alkanes) is 1. The Hall–Kier alpha value is -0.120. The molecule has 0 radical (unpaired) electrons. The van der Waals surface area contributed by atoms with Crippen LogP contribution >= 0.6 is 0 Å². The fraction of sp³-hybridized carbons (Fsp3) is 1.00. The van der Waals surface area contributed by atoms with E-state index in [1.807, 2.05) is 0 Å². The second kappa shape index (κ2) is 6.35. The van der Waals surface area contributed by atoms with Gasteiger partial charge in [0.25, 0.3) is 0 Å². The number of nitrogens with zero attached hydrogens (tertiary/aromatic N) is 1. The van der Waals surface area contributed by atoms with Crippen molar-refractivity contribution >= 4 is 0 Å². The molecule has 3 heteroatoms. The number of rotatable bonds is 5. The van der Waals surface area contributed by atoms with E-state index in [1.54, 1.807) is 0 Å². The molecule has 1 N–H and O–H groups in total. The van der Waals surface area contributed by atoms with Crippen molar-refractivity contribution < 1.29 is 4.74 Å². The highest BCUT2D eigenvalue weighted by Gasteiger charge is 2.14. The van der Waals surface area contributed by atoms with Gasteiger partial charge in [-0.25, -0.2) is 0 Å². The van der Waals surface area contributed by atoms with E-state index < -0.39 is 0 Å². The normalized spacial score (nSPS) is 23.8. The van der Waals surface area contributed by atoms with E-state index >= 15 is 0 Å². The predicted octanol–water partition coefficient (Wildman–Crippen LogP) is 0.707. The van der Waals surface area contributed by atoms with Crippen LogP contribution in [0.15, 0.2) is 0 Å². The lowest BCUT2D eigenvalue weighted by molar-refractivity contribution is 0.00993. The third kappa shape index (κ3) is 4.60. The van der Waals surface area contributed by atoms with Gasteiger partial charge in [0.2, 0.25) is 0 Å². The molecule has 1 fully saturated rings. The summed E-state index contributed by atoms with van der Waals surface area (Å²) in [5.41, 5.74) is 0. The van der Waals surface area contributed by atoms with E-state index in [-0.39, 0.29) is 0 Å². The third-order valence-corrected chi connectivity index (χ3v) is 2.41. The molecule has 1 aliphatic heterocycles. The number of hydrogen-bond acceptors (Lipinski definition) is 3. The number of ether oxygens (including phenoxy) is 1. The summed E-state index contributed by atoms with van der Waals surface area (Å²) >= 11 is 0. The first kappa shape index (κ1) is 11.0. The smallest absolute Gasteiger partial charge is 0.0826 e. The molecule has 0 bridgehead atoms. The molecule has 3 nitrogen and oxygen atoms in total. The summed E-state index contributed by atoms with van der Waals surface area (Å²) in [5, 5.41) is 3.34. The fourth-order valence-electron chi connectivity index (χ4n) is 1.60. The lowest BCUT2D eigenvalue weighted by Gasteiger charge is -2.27. The number of nitrogens with one attached hydrogen (secondary N) is 1. The van der Waals surface area contributed by atoms with Crippen LogP contribution in [0.4, 0.5) is 0 Å². The first-order valence-corrected chi connectivity index (χ1v) is 5.33. The van der Waals surface area contributed by atoms with E-state index in [4.69, 9.17) is 4.74 Å². The quantitative estimate of drug-likeness (QED) is 0.684. The van der Waals surface area contributed by atoms with E-state index in [9.17, 15) is 0 Å². The second-order valence-corrected chi connectivity index (χ2v) is 3.81. The van der Waals surface area contributed by atoms with Gasteiger partial charge < -0.3 is 15.0 Å². The van der Waals surface area contributed by atoms with Gasteiger partial charge in [-0.1, -0.05) is 13.3 Å². The third-order valence-electron chi connectivity index (χ3n) is 2.41. The highest BCUT2D eigenvalue weighted by Crippen LogP contribution is 1.99. The molecule has 1 heterocycles. The Balaban J connectivity index is 2.07. The molecule has 1 rings (SSSR count). The molecule has 0 aromatic carbocycles. The molecule has 1 saturated heterocycles. The molecule has 0 saturated carbocycles. The molecule has 1 unspecified atom stereocenters. The van der Waals surface area contributed by atoms with Gasteiger partial charge in [-0.15, -0.1) is 0 Å². The topological polar surface area (TPSA) is 24.5 Å². The van der Waals surface area contributed by atoms with Crippen LogP contribution in [0.5, 0.6) is 0 Å². The second-order valence-electron chi connectivity index (χ2n) is 3.81. The monoisotopic (exact) mass is 186 g/mol. The van der Waals surface area contributed by atoms with Gasteiger partial charge in [-0.05, 0) is 20.0 Å². The largest absolute Gasteiger partial charge is 0.374 e. The van der Waals surface area contributed by atoms with Crippen LogP contribution < -0.4 is 5.32 Å². The summed E-state index contributed by atoms with van der Waals surface area (Å²) in [7, 11) is 2.17. The standard InChI is InChI=1S/C10H22N2O/c1-3-4-6-12(2)9-10-8-11-5-7-13-10/h10-11H,3-9H2,1-2H3. The van der Waals surface area contributed by atoms with Crippen LogP contribution in [-0.2, 0) is 4.74 Å². The molecule has 0 aliphatic carbocycles. The lowest BCUT2D eigenvalue weighted by Crippen LogP contribution is -2.44. The maximum absolute atomic E-state index is 5.62. The predicted molar refractivity (Wildman–Crippen MR) is 55.0 cm³/mol. The van der Waals surface area contributed by atoms with E-state index in [0.29, 0.717) is 6.10 Å². The van der Waals surface area contributed by atoms with Crippen LogP contribution in [0, 0.1) is 0 Å². The molecular weight excluding hydrogens is 164 g/mol. The summed E-state index contributed by atoms with van der Waals surface area (Å²) in [6.45, 7) is 7.37. The summed E-state index contributed by atoms with van der Waals surface area (Å²) in [5.74, 6) is 0. The van der Waals surface area contributed by atoms with Crippen molar-refractivity contribution in [1.29, 1.82) is 0 Å². The summed E-state index contributed by atoms with van der Waals surface area (Å²) in [6.07, 6.45) is 2.96.